The molecule has 0 unspecified atom stereocenters. The lowest BCUT2D eigenvalue weighted by Crippen LogP contribution is -2.37. The maximum absolute atomic E-state index is 13.8. The summed E-state index contributed by atoms with van der Waals surface area (Å²) in [6.45, 7) is 4.28. The van der Waals surface area contributed by atoms with E-state index in [1.165, 1.54) is 4.57 Å². The van der Waals surface area contributed by atoms with Crippen molar-refractivity contribution in [1.29, 1.82) is 0 Å². The van der Waals surface area contributed by atoms with E-state index < -0.39 is 0 Å². The second-order valence-electron chi connectivity index (χ2n) is 9.45. The molecule has 2 aromatic carbocycles. The Balaban J connectivity index is 1.89. The normalized spacial score (nSPS) is 11.4. The number of benzene rings is 2. The molecule has 0 aliphatic heterocycles. The van der Waals surface area contributed by atoms with Crippen LogP contribution in [-0.2, 0) is 17.9 Å². The number of carbonyl (C=O) groups is 1. The number of halogens is 1. The molecule has 9 heteroatoms. The van der Waals surface area contributed by atoms with E-state index in [2.05, 4.69) is 10.3 Å². The summed E-state index contributed by atoms with van der Waals surface area (Å²) in [7, 11) is 5.54. The van der Waals surface area contributed by atoms with Gasteiger partial charge in [-0.1, -0.05) is 23.7 Å². The Labute approximate surface area is 220 Å². The van der Waals surface area contributed by atoms with Crippen LogP contribution in [-0.4, -0.2) is 52.6 Å². The highest BCUT2D eigenvalue weighted by atomic mass is 35.5. The fourth-order valence-corrected chi connectivity index (χ4v) is 4.44. The number of nitrogens with one attached hydrogen (secondary N) is 1. The molecule has 0 radical (unpaired) electrons. The third-order valence-corrected chi connectivity index (χ3v) is 5.89. The quantitative estimate of drug-likeness (QED) is 0.372. The average Bonchev–Trinajstić information content (AvgIpc) is 2.84. The van der Waals surface area contributed by atoms with Gasteiger partial charge in [-0.3, -0.25) is 19.1 Å². The number of rotatable bonds is 8. The summed E-state index contributed by atoms with van der Waals surface area (Å²) in [4.78, 5) is 37.9. The number of nitrogens with zero attached hydrogens (tertiary/aromatic N) is 4. The molecule has 8 nitrogen and oxygen atoms in total. The third kappa shape index (κ3) is 6.15. The Morgan fingerprint density at radius 1 is 1.14 bits per heavy atom. The van der Waals surface area contributed by atoms with Crippen molar-refractivity contribution in [3.8, 4) is 28.4 Å². The van der Waals surface area contributed by atoms with Crippen LogP contribution in [0.25, 0.3) is 33.5 Å². The molecule has 0 aliphatic rings. The summed E-state index contributed by atoms with van der Waals surface area (Å²) in [6, 6.07) is 14.6. The monoisotopic (exact) mass is 519 g/mol. The first kappa shape index (κ1) is 26.3. The Morgan fingerprint density at radius 2 is 1.92 bits per heavy atom. The average molecular weight is 520 g/mol. The van der Waals surface area contributed by atoms with Gasteiger partial charge in [0.05, 0.1) is 29.9 Å². The smallest absolute Gasteiger partial charge is 0.262 e. The first-order valence-corrected chi connectivity index (χ1v) is 12.3. The zero-order chi connectivity index (χ0) is 26.7. The Morgan fingerprint density at radius 3 is 2.62 bits per heavy atom. The summed E-state index contributed by atoms with van der Waals surface area (Å²) < 4.78 is 6.75. The molecule has 0 saturated carbocycles. The maximum Gasteiger partial charge on any atom is 0.262 e. The largest absolute Gasteiger partial charge is 0.497 e. The number of aromatic nitrogens is 3. The van der Waals surface area contributed by atoms with Gasteiger partial charge < -0.3 is 15.0 Å². The number of pyridine rings is 1. The summed E-state index contributed by atoms with van der Waals surface area (Å²) in [5, 5.41) is 3.80. The zero-order valence-corrected chi connectivity index (χ0v) is 22.3. The van der Waals surface area contributed by atoms with Crippen LogP contribution in [0.5, 0.6) is 5.75 Å². The first-order chi connectivity index (χ1) is 17.6. The highest BCUT2D eigenvalue weighted by Gasteiger charge is 2.18. The minimum atomic E-state index is -0.332. The van der Waals surface area contributed by atoms with Crippen molar-refractivity contribution in [3.05, 3.63) is 75.7 Å². The zero-order valence-electron chi connectivity index (χ0n) is 21.6. The minimum absolute atomic E-state index is 0.0631. The van der Waals surface area contributed by atoms with Crippen molar-refractivity contribution < 1.29 is 9.53 Å². The Kier molecular flexibility index (Phi) is 7.90. The van der Waals surface area contributed by atoms with Crippen molar-refractivity contribution in [2.24, 2.45) is 0 Å². The maximum atomic E-state index is 13.8. The molecule has 192 valence electrons. The molecule has 0 spiro atoms. The second-order valence-corrected chi connectivity index (χ2v) is 9.89. The fourth-order valence-electron chi connectivity index (χ4n) is 4.18. The van der Waals surface area contributed by atoms with E-state index >= 15 is 0 Å². The van der Waals surface area contributed by atoms with E-state index in [4.69, 9.17) is 21.3 Å². The van der Waals surface area contributed by atoms with Gasteiger partial charge in [-0.15, -0.1) is 0 Å². The van der Waals surface area contributed by atoms with Gasteiger partial charge in [0.25, 0.3) is 5.56 Å². The van der Waals surface area contributed by atoms with Crippen molar-refractivity contribution in [2.45, 2.75) is 33.0 Å². The van der Waals surface area contributed by atoms with Crippen molar-refractivity contribution in [2.75, 3.05) is 21.2 Å². The van der Waals surface area contributed by atoms with Crippen LogP contribution in [0.3, 0.4) is 0 Å². The number of methoxy groups -OCH3 is 1. The molecule has 0 fully saturated rings. The van der Waals surface area contributed by atoms with Crippen LogP contribution in [0.15, 0.2) is 59.5 Å². The van der Waals surface area contributed by atoms with Crippen LogP contribution in [0.1, 0.15) is 19.4 Å². The van der Waals surface area contributed by atoms with E-state index in [1.54, 1.807) is 25.4 Å². The number of hydrogen-bond donors (Lipinski definition) is 1. The second kappa shape index (κ2) is 11.1. The molecule has 1 amide bonds. The number of hydrogen-bond acceptors (Lipinski definition) is 6. The lowest BCUT2D eigenvalue weighted by molar-refractivity contribution is -0.122. The van der Waals surface area contributed by atoms with Gasteiger partial charge >= 0.3 is 0 Å². The molecule has 0 bridgehead atoms. The van der Waals surface area contributed by atoms with E-state index in [-0.39, 0.29) is 24.1 Å². The molecular formula is C28H30ClN5O3. The van der Waals surface area contributed by atoms with E-state index in [1.807, 2.05) is 69.2 Å². The van der Waals surface area contributed by atoms with Crippen molar-refractivity contribution >= 4 is 28.4 Å². The number of fused-ring (bicyclic) bond motifs is 1. The fraction of sp³-hybridized carbons (Fsp3) is 0.286. The van der Waals surface area contributed by atoms with Crippen LogP contribution in [0, 0.1) is 0 Å². The molecule has 37 heavy (non-hydrogen) atoms. The van der Waals surface area contributed by atoms with Gasteiger partial charge in [0.15, 0.2) is 0 Å². The molecule has 0 saturated heterocycles. The molecule has 4 aromatic rings. The van der Waals surface area contributed by atoms with Gasteiger partial charge in [0, 0.05) is 28.7 Å². The Bertz CT molecular complexity index is 1510. The predicted molar refractivity (Wildman–Crippen MR) is 147 cm³/mol. The first-order valence-electron chi connectivity index (χ1n) is 11.9. The topological polar surface area (TPSA) is 89.4 Å². The summed E-state index contributed by atoms with van der Waals surface area (Å²) in [5.41, 5.74) is 3.18. The van der Waals surface area contributed by atoms with Crippen molar-refractivity contribution in [1.82, 2.24) is 24.8 Å². The molecule has 2 heterocycles. The Hall–Kier alpha value is -3.75. The summed E-state index contributed by atoms with van der Waals surface area (Å²) >= 11 is 6.39. The molecule has 0 aliphatic carbocycles. The molecular weight excluding hydrogens is 490 g/mol. The standard InChI is InChI=1S/C28H30ClN5O3/c1-17(2)31-26(35)16-34-27(19-7-6-8-22(12-19)37-5)32-25-14-30-24(13-23(25)28(34)36)20-9-18(15-33(3)4)10-21(29)11-20/h6-14,17H,15-16H2,1-5H3,(H,31,35). The highest BCUT2D eigenvalue weighted by Crippen LogP contribution is 2.27. The van der Waals surface area contributed by atoms with Gasteiger partial charge in [0.2, 0.25) is 5.91 Å². The lowest BCUT2D eigenvalue weighted by atomic mass is 10.1. The predicted octanol–water partition coefficient (Wildman–Crippen LogP) is 4.37. The van der Waals surface area contributed by atoms with Crippen LogP contribution < -0.4 is 15.6 Å². The molecule has 0 atom stereocenters. The number of carbonyl (C=O) groups excluding carboxylic acids is 1. The summed E-state index contributed by atoms with van der Waals surface area (Å²) in [5.74, 6) is 0.703. The SMILES string of the molecule is COc1cccc(-c2nc3cnc(-c4cc(Cl)cc(CN(C)C)c4)cc3c(=O)n2CC(=O)NC(C)C)c1. The van der Waals surface area contributed by atoms with Crippen LogP contribution in [0.4, 0.5) is 0 Å². The van der Waals surface area contributed by atoms with Crippen LogP contribution >= 0.6 is 11.6 Å². The minimum Gasteiger partial charge on any atom is -0.497 e. The van der Waals surface area contributed by atoms with Gasteiger partial charge in [-0.05, 0) is 69.9 Å². The molecule has 4 rings (SSSR count). The number of ether oxygens (including phenoxy) is 1. The highest BCUT2D eigenvalue weighted by molar-refractivity contribution is 6.31. The molecule has 2 aromatic heterocycles. The van der Waals surface area contributed by atoms with E-state index in [0.29, 0.717) is 45.3 Å². The van der Waals surface area contributed by atoms with Gasteiger partial charge in [-0.25, -0.2) is 4.98 Å². The summed E-state index contributed by atoms with van der Waals surface area (Å²) in [6.07, 6.45) is 1.58. The molecule has 1 N–H and O–H groups in total. The van der Waals surface area contributed by atoms with Gasteiger partial charge in [-0.2, -0.15) is 0 Å². The van der Waals surface area contributed by atoms with Crippen molar-refractivity contribution in [3.63, 3.8) is 0 Å². The lowest BCUT2D eigenvalue weighted by Gasteiger charge is -2.16. The van der Waals surface area contributed by atoms with Gasteiger partial charge in [0.1, 0.15) is 18.1 Å². The van der Waals surface area contributed by atoms with E-state index in [9.17, 15) is 9.59 Å². The number of amides is 1. The van der Waals surface area contributed by atoms with Crippen LogP contribution in [0.2, 0.25) is 5.02 Å². The van der Waals surface area contributed by atoms with E-state index in [0.717, 1.165) is 11.1 Å². The third-order valence-electron chi connectivity index (χ3n) is 5.67.